The van der Waals surface area contributed by atoms with Gasteiger partial charge in [0, 0.05) is 0 Å². The molecule has 0 spiro atoms. The lowest BCUT2D eigenvalue weighted by Gasteiger charge is -1.86. The molecule has 1 atom stereocenters. The Labute approximate surface area is 49.2 Å². The second-order valence-electron chi connectivity index (χ2n) is 1.05. The van der Waals surface area contributed by atoms with Crippen LogP contribution < -0.4 is 0 Å². The number of nitroso groups, excluding NO2 is 1. The van der Waals surface area contributed by atoms with Gasteiger partial charge >= 0.3 is 0 Å². The third kappa shape index (κ3) is 2.45. The number of hydrogen-bond donors (Lipinski definition) is 0. The van der Waals surface area contributed by atoms with Crippen molar-refractivity contribution in [3.63, 3.8) is 0 Å². The van der Waals surface area contributed by atoms with E-state index in [2.05, 4.69) is 21.1 Å². The molecule has 0 bridgehead atoms. The van der Waals surface area contributed by atoms with Crippen molar-refractivity contribution in [3.05, 3.63) is 4.91 Å². The number of hydrogen-bond acceptors (Lipinski definition) is 3. The lowest BCUT2D eigenvalue weighted by molar-refractivity contribution is -0.116. The van der Waals surface area contributed by atoms with Gasteiger partial charge in [-0.05, 0) is 12.1 Å². The number of carbonyl (C=O) groups is 1. The van der Waals surface area contributed by atoms with Crippen molar-refractivity contribution in [1.29, 1.82) is 0 Å². The zero-order valence-corrected chi connectivity index (χ0v) is 5.31. The summed E-state index contributed by atoms with van der Waals surface area (Å²) in [6, 6.07) is 0. The fourth-order valence-corrected chi connectivity index (χ4v) is 0.0742. The largest absolute Gasteiger partial charge is 0.296 e. The number of ketones is 1. The Kier molecular flexibility index (Phi) is 2.75. The fraction of sp³-hybridized carbons (Fsp3) is 0.667. The van der Waals surface area contributed by atoms with Gasteiger partial charge in [0.05, 0.1) is 0 Å². The molecule has 3 nitrogen and oxygen atoms in total. The molecule has 0 amide bonds. The molecule has 0 fully saturated rings. The number of alkyl halides is 1. The predicted octanol–water partition coefficient (Wildman–Crippen LogP) is 1.06. The van der Waals surface area contributed by atoms with E-state index in [1.807, 2.05) is 0 Å². The maximum atomic E-state index is 10.0. The molecule has 0 aromatic heterocycles. The molecule has 0 rings (SSSR count). The minimum absolute atomic E-state index is 0.269. The summed E-state index contributed by atoms with van der Waals surface area (Å²) >= 11 is 2.71. The Morgan fingerprint density at radius 1 is 1.86 bits per heavy atom. The third-order valence-electron chi connectivity index (χ3n) is 0.428. The van der Waals surface area contributed by atoms with Crippen molar-refractivity contribution in [3.8, 4) is 0 Å². The molecule has 4 heteroatoms. The van der Waals surface area contributed by atoms with Gasteiger partial charge in [-0.3, -0.25) is 4.79 Å². The van der Waals surface area contributed by atoms with E-state index < -0.39 is 4.95 Å². The maximum absolute atomic E-state index is 10.0. The predicted molar refractivity (Wildman–Crippen MR) is 29.2 cm³/mol. The van der Waals surface area contributed by atoms with E-state index in [0.29, 0.717) is 0 Å². The van der Waals surface area contributed by atoms with Crippen LogP contribution in [0, 0.1) is 4.91 Å². The van der Waals surface area contributed by atoms with E-state index in [-0.39, 0.29) is 5.78 Å². The molecule has 0 saturated heterocycles. The van der Waals surface area contributed by atoms with Crippen LogP contribution in [-0.4, -0.2) is 10.7 Å². The molecule has 0 aliphatic rings. The third-order valence-corrected chi connectivity index (χ3v) is 1.24. The number of nitrogens with zero attached hydrogens (tertiary/aromatic N) is 1. The molecule has 0 saturated carbocycles. The van der Waals surface area contributed by atoms with Crippen molar-refractivity contribution in [2.24, 2.45) is 5.18 Å². The molecule has 0 heterocycles. The summed E-state index contributed by atoms with van der Waals surface area (Å²) in [4.78, 5) is 18.6. The molecule has 1 unspecified atom stereocenters. The fourth-order valence-electron chi connectivity index (χ4n) is 0.0742. The first-order valence-electron chi connectivity index (χ1n) is 1.65. The van der Waals surface area contributed by atoms with Gasteiger partial charge in [0.15, 0.2) is 5.78 Å². The summed E-state index contributed by atoms with van der Waals surface area (Å²) in [5.74, 6) is -0.269. The van der Waals surface area contributed by atoms with E-state index in [1.165, 1.54) is 6.92 Å². The minimum atomic E-state index is -0.854. The first-order chi connectivity index (χ1) is 3.18. The van der Waals surface area contributed by atoms with Crippen LogP contribution in [0.1, 0.15) is 6.92 Å². The summed E-state index contributed by atoms with van der Waals surface area (Å²) in [6.45, 7) is 1.29. The number of rotatable bonds is 2. The highest BCUT2D eigenvalue weighted by Crippen LogP contribution is 1.99. The standard InChI is InChI=1S/C3H4BrNO2/c1-2(6)3(4)5-7/h3H,1H3. The quantitative estimate of drug-likeness (QED) is 0.349. The summed E-state index contributed by atoms with van der Waals surface area (Å²) < 4.78 is 0. The Morgan fingerprint density at radius 3 is 2.29 bits per heavy atom. The first kappa shape index (κ1) is 6.75. The molecule has 0 aromatic rings. The zero-order valence-electron chi connectivity index (χ0n) is 3.72. The molecule has 40 valence electrons. The molecule has 0 aliphatic heterocycles. The minimum Gasteiger partial charge on any atom is -0.296 e. The summed E-state index contributed by atoms with van der Waals surface area (Å²) in [5.41, 5.74) is 0. The lowest BCUT2D eigenvalue weighted by Crippen LogP contribution is -2.03. The van der Waals surface area contributed by atoms with Gasteiger partial charge in [0.25, 0.3) is 0 Å². The van der Waals surface area contributed by atoms with Crippen LogP contribution in [0.15, 0.2) is 5.18 Å². The monoisotopic (exact) mass is 165 g/mol. The number of halogens is 1. The summed E-state index contributed by atoms with van der Waals surface area (Å²) in [6.07, 6.45) is 0. The molecular formula is C3H4BrNO2. The van der Waals surface area contributed by atoms with E-state index in [1.54, 1.807) is 0 Å². The van der Waals surface area contributed by atoms with E-state index in [4.69, 9.17) is 0 Å². The second-order valence-corrected chi connectivity index (χ2v) is 1.92. The number of Topliss-reactive ketones (excluding diaryl/α,β-unsaturated/α-hetero) is 1. The average Bonchev–Trinajstić information content (AvgIpc) is 1.65. The Balaban J connectivity index is 3.55. The van der Waals surface area contributed by atoms with Gasteiger partial charge in [0.1, 0.15) is 0 Å². The van der Waals surface area contributed by atoms with Crippen molar-refractivity contribution < 1.29 is 4.79 Å². The smallest absolute Gasteiger partial charge is 0.204 e. The topological polar surface area (TPSA) is 46.5 Å². The van der Waals surface area contributed by atoms with E-state index in [0.717, 1.165) is 0 Å². The van der Waals surface area contributed by atoms with E-state index >= 15 is 0 Å². The molecule has 0 radical (unpaired) electrons. The van der Waals surface area contributed by atoms with Gasteiger partial charge in [0.2, 0.25) is 4.95 Å². The highest BCUT2D eigenvalue weighted by molar-refractivity contribution is 9.10. The summed E-state index contributed by atoms with van der Waals surface area (Å²) in [5, 5.41) is 2.41. The van der Waals surface area contributed by atoms with E-state index in [9.17, 15) is 9.70 Å². The van der Waals surface area contributed by atoms with Gasteiger partial charge in [-0.1, -0.05) is 15.9 Å². The van der Waals surface area contributed by atoms with Crippen LogP contribution >= 0.6 is 15.9 Å². The molecular weight excluding hydrogens is 162 g/mol. The second kappa shape index (κ2) is 2.85. The maximum Gasteiger partial charge on any atom is 0.204 e. The van der Waals surface area contributed by atoms with Crippen LogP contribution in [0.25, 0.3) is 0 Å². The lowest BCUT2D eigenvalue weighted by atomic mass is 10.5. The van der Waals surface area contributed by atoms with Gasteiger partial charge in [-0.2, -0.15) is 0 Å². The highest BCUT2D eigenvalue weighted by atomic mass is 79.9. The Morgan fingerprint density at radius 2 is 2.29 bits per heavy atom. The number of carbonyl (C=O) groups excluding carboxylic acids is 1. The van der Waals surface area contributed by atoms with Crippen LogP contribution in [0.2, 0.25) is 0 Å². The Bertz CT molecular complexity index is 92.9. The van der Waals surface area contributed by atoms with Crippen LogP contribution in [0.5, 0.6) is 0 Å². The van der Waals surface area contributed by atoms with Gasteiger partial charge in [-0.15, -0.1) is 4.91 Å². The van der Waals surface area contributed by atoms with Crippen molar-refractivity contribution in [2.75, 3.05) is 0 Å². The zero-order chi connectivity index (χ0) is 5.86. The molecule has 0 aromatic carbocycles. The normalized spacial score (nSPS) is 12.9. The van der Waals surface area contributed by atoms with Crippen molar-refractivity contribution in [1.82, 2.24) is 0 Å². The highest BCUT2D eigenvalue weighted by Gasteiger charge is 2.06. The van der Waals surface area contributed by atoms with Gasteiger partial charge in [-0.25, -0.2) is 0 Å². The molecule has 0 N–H and O–H groups in total. The van der Waals surface area contributed by atoms with Gasteiger partial charge < -0.3 is 0 Å². The molecule has 7 heavy (non-hydrogen) atoms. The van der Waals surface area contributed by atoms with Crippen LogP contribution in [-0.2, 0) is 4.79 Å². The summed E-state index contributed by atoms with van der Waals surface area (Å²) in [7, 11) is 0. The van der Waals surface area contributed by atoms with Crippen LogP contribution in [0.3, 0.4) is 0 Å². The van der Waals surface area contributed by atoms with Crippen LogP contribution in [0.4, 0.5) is 0 Å². The average molecular weight is 166 g/mol. The van der Waals surface area contributed by atoms with Crippen molar-refractivity contribution in [2.45, 2.75) is 11.9 Å². The molecule has 0 aliphatic carbocycles. The SMILES string of the molecule is CC(=O)C(Br)N=O. The Hall–Kier alpha value is -0.250. The first-order valence-corrected chi connectivity index (χ1v) is 2.57. The van der Waals surface area contributed by atoms with Crippen molar-refractivity contribution >= 4 is 21.7 Å².